The van der Waals surface area contributed by atoms with Crippen LogP contribution in [0.3, 0.4) is 0 Å². The summed E-state index contributed by atoms with van der Waals surface area (Å²) >= 11 is 4.23. The first kappa shape index (κ1) is 24.4. The number of carbonyl (C=O) groups is 3. The molecule has 1 saturated heterocycles. The standard InChI is InChI=1S/C26H20N2O5S3/c29-18-13-21(36-19-9-5-4-8-17(18)19)34-11-10-16-14-35-25-22(24(31)28(25)23(16)26(32)33)27-20(30)12-15-6-2-1-3-7-15/h1-11,13,22,25H,12,14H2,(H,27,30)(H,32,33)/t22?,25-/m1/s1. The Hall–Kier alpha value is -3.34. The molecular weight excluding hydrogens is 516 g/mol. The van der Waals surface area contributed by atoms with E-state index >= 15 is 0 Å². The fraction of sp³-hybridized carbons (Fsp3) is 0.154. The molecule has 2 N–H and O–H groups in total. The highest BCUT2D eigenvalue weighted by molar-refractivity contribution is 8.04. The molecule has 2 atom stereocenters. The first-order valence-corrected chi connectivity index (χ1v) is 13.8. The second-order valence-electron chi connectivity index (χ2n) is 8.14. The van der Waals surface area contributed by atoms with Crippen LogP contribution in [-0.4, -0.2) is 45.0 Å². The number of rotatable bonds is 7. The third-order valence-electron chi connectivity index (χ3n) is 5.79. The molecule has 0 radical (unpaired) electrons. The molecule has 5 rings (SSSR count). The van der Waals surface area contributed by atoms with Crippen molar-refractivity contribution in [1.29, 1.82) is 0 Å². The molecule has 2 aliphatic rings. The number of benzene rings is 2. The van der Waals surface area contributed by atoms with E-state index in [1.807, 2.05) is 48.5 Å². The number of hydrogen-bond acceptors (Lipinski definition) is 7. The second-order valence-corrected chi connectivity index (χ2v) is 11.5. The van der Waals surface area contributed by atoms with Crippen LogP contribution < -0.4 is 10.7 Å². The van der Waals surface area contributed by atoms with Crippen molar-refractivity contribution < 1.29 is 19.5 Å². The van der Waals surface area contributed by atoms with Crippen LogP contribution in [0.1, 0.15) is 5.56 Å². The molecule has 2 aromatic carbocycles. The zero-order valence-electron chi connectivity index (χ0n) is 18.7. The molecule has 10 heteroatoms. The lowest BCUT2D eigenvalue weighted by molar-refractivity contribution is -0.150. The van der Waals surface area contributed by atoms with E-state index in [2.05, 4.69) is 5.32 Å². The number of aliphatic carboxylic acids is 1. The molecule has 3 heterocycles. The lowest BCUT2D eigenvalue weighted by Crippen LogP contribution is -2.70. The molecule has 2 aliphatic heterocycles. The molecule has 3 aromatic rings. The van der Waals surface area contributed by atoms with Gasteiger partial charge < -0.3 is 10.4 Å². The molecule has 2 amide bonds. The zero-order valence-corrected chi connectivity index (χ0v) is 21.2. The Bertz CT molecular complexity index is 1480. The Labute approximate surface area is 218 Å². The maximum Gasteiger partial charge on any atom is 0.352 e. The molecular formula is C26H20N2O5S3. The van der Waals surface area contributed by atoms with E-state index in [-0.39, 0.29) is 23.5 Å². The summed E-state index contributed by atoms with van der Waals surface area (Å²) in [5, 5.41) is 14.6. The minimum atomic E-state index is -1.19. The van der Waals surface area contributed by atoms with E-state index in [0.717, 1.165) is 14.5 Å². The number of nitrogens with one attached hydrogen (secondary N) is 1. The second kappa shape index (κ2) is 10.3. The number of amides is 2. The molecule has 1 fully saturated rings. The number of carboxylic acid groups (broad SMARTS) is 1. The number of nitrogens with zero attached hydrogens (tertiary/aromatic N) is 1. The SMILES string of the molecule is O=C(Cc1ccccc1)NC1C(=O)N2C(C(=O)O)=C(C=CSc3cc(=O)c4ccccc4s3)CS[C@H]12. The Balaban J connectivity index is 1.29. The fourth-order valence-corrected chi connectivity index (χ4v) is 7.40. The van der Waals surface area contributed by atoms with Crippen molar-refractivity contribution in [3.63, 3.8) is 0 Å². The fourth-order valence-electron chi connectivity index (χ4n) is 4.10. The van der Waals surface area contributed by atoms with Crippen LogP contribution in [0, 0.1) is 0 Å². The van der Waals surface area contributed by atoms with Gasteiger partial charge in [-0.3, -0.25) is 19.3 Å². The van der Waals surface area contributed by atoms with E-state index in [9.17, 15) is 24.3 Å². The monoisotopic (exact) mass is 536 g/mol. The van der Waals surface area contributed by atoms with Crippen molar-refractivity contribution in [2.75, 3.05) is 5.75 Å². The van der Waals surface area contributed by atoms with Crippen LogP contribution in [0.15, 0.2) is 92.4 Å². The number of β-lactam (4-membered cyclic amide) rings is 1. The van der Waals surface area contributed by atoms with E-state index in [1.54, 1.807) is 23.6 Å². The van der Waals surface area contributed by atoms with Gasteiger partial charge in [-0.05, 0) is 34.8 Å². The average molecular weight is 537 g/mol. The topological polar surface area (TPSA) is 104 Å². The number of thioether (sulfide) groups is 2. The van der Waals surface area contributed by atoms with E-state index in [1.165, 1.54) is 39.8 Å². The third-order valence-corrected chi connectivity index (χ3v) is 9.15. The van der Waals surface area contributed by atoms with Gasteiger partial charge in [0, 0.05) is 21.9 Å². The Morgan fingerprint density at radius 1 is 1.11 bits per heavy atom. The summed E-state index contributed by atoms with van der Waals surface area (Å²) in [6, 6.07) is 17.4. The van der Waals surface area contributed by atoms with Crippen LogP contribution >= 0.6 is 34.9 Å². The van der Waals surface area contributed by atoms with E-state index < -0.39 is 23.3 Å². The Morgan fingerprint density at radius 3 is 2.64 bits per heavy atom. The van der Waals surface area contributed by atoms with Crippen molar-refractivity contribution in [1.82, 2.24) is 10.2 Å². The number of hydrogen-bond donors (Lipinski definition) is 2. The quantitative estimate of drug-likeness (QED) is 0.349. The minimum Gasteiger partial charge on any atom is -0.477 e. The highest BCUT2D eigenvalue weighted by Gasteiger charge is 2.53. The summed E-state index contributed by atoms with van der Waals surface area (Å²) in [5.74, 6) is -1.52. The number of carbonyl (C=O) groups excluding carboxylic acids is 2. The first-order valence-electron chi connectivity index (χ1n) is 11.0. The van der Waals surface area contributed by atoms with Gasteiger partial charge in [-0.25, -0.2) is 4.79 Å². The molecule has 36 heavy (non-hydrogen) atoms. The molecule has 182 valence electrons. The van der Waals surface area contributed by atoms with Gasteiger partial charge in [0.2, 0.25) is 5.91 Å². The summed E-state index contributed by atoms with van der Waals surface area (Å²) in [7, 11) is 0. The van der Waals surface area contributed by atoms with Crippen molar-refractivity contribution >= 4 is 62.7 Å². The summed E-state index contributed by atoms with van der Waals surface area (Å²) < 4.78 is 1.67. The van der Waals surface area contributed by atoms with Crippen LogP contribution in [-0.2, 0) is 20.8 Å². The van der Waals surface area contributed by atoms with Crippen molar-refractivity contribution in [2.45, 2.75) is 22.0 Å². The van der Waals surface area contributed by atoms with E-state index in [0.29, 0.717) is 16.7 Å². The molecule has 0 spiro atoms. The lowest BCUT2D eigenvalue weighted by atomic mass is 10.0. The van der Waals surface area contributed by atoms with Gasteiger partial charge in [0.1, 0.15) is 17.1 Å². The summed E-state index contributed by atoms with van der Waals surface area (Å²) in [5.41, 5.74) is 1.21. The largest absolute Gasteiger partial charge is 0.477 e. The molecule has 0 aliphatic carbocycles. The summed E-state index contributed by atoms with van der Waals surface area (Å²) in [4.78, 5) is 50.9. The van der Waals surface area contributed by atoms with Crippen LogP contribution in [0.25, 0.3) is 10.1 Å². The average Bonchev–Trinajstić information content (AvgIpc) is 2.87. The summed E-state index contributed by atoms with van der Waals surface area (Å²) in [6.07, 6.45) is 1.83. The lowest BCUT2D eigenvalue weighted by Gasteiger charge is -2.49. The molecule has 0 bridgehead atoms. The molecule has 7 nitrogen and oxygen atoms in total. The maximum atomic E-state index is 12.8. The van der Waals surface area contributed by atoms with E-state index in [4.69, 9.17) is 0 Å². The highest BCUT2D eigenvalue weighted by atomic mass is 32.2. The van der Waals surface area contributed by atoms with Gasteiger partial charge in [0.25, 0.3) is 5.91 Å². The molecule has 1 aromatic heterocycles. The number of allylic oxidation sites excluding steroid dienone is 1. The Morgan fingerprint density at radius 2 is 1.86 bits per heavy atom. The zero-order chi connectivity index (χ0) is 25.2. The van der Waals surface area contributed by atoms with Gasteiger partial charge in [-0.15, -0.1) is 23.1 Å². The van der Waals surface area contributed by atoms with Gasteiger partial charge >= 0.3 is 5.97 Å². The Kier molecular flexibility index (Phi) is 6.99. The third kappa shape index (κ3) is 4.84. The van der Waals surface area contributed by atoms with Gasteiger partial charge in [-0.2, -0.15) is 0 Å². The van der Waals surface area contributed by atoms with Gasteiger partial charge in [0.15, 0.2) is 5.43 Å². The van der Waals surface area contributed by atoms with Gasteiger partial charge in [-0.1, -0.05) is 54.2 Å². The van der Waals surface area contributed by atoms with Crippen molar-refractivity contribution in [3.05, 3.63) is 99.2 Å². The number of fused-ring (bicyclic) bond motifs is 2. The van der Waals surface area contributed by atoms with Crippen LogP contribution in [0.2, 0.25) is 0 Å². The van der Waals surface area contributed by atoms with Crippen LogP contribution in [0.4, 0.5) is 0 Å². The number of carboxylic acids is 1. The van der Waals surface area contributed by atoms with Crippen molar-refractivity contribution in [3.8, 4) is 0 Å². The smallest absolute Gasteiger partial charge is 0.352 e. The predicted molar refractivity (Wildman–Crippen MR) is 143 cm³/mol. The normalized spacial score (nSPS) is 19.3. The van der Waals surface area contributed by atoms with Gasteiger partial charge in [0.05, 0.1) is 10.6 Å². The molecule has 0 saturated carbocycles. The minimum absolute atomic E-state index is 0.0618. The maximum absolute atomic E-state index is 12.8. The van der Waals surface area contributed by atoms with Crippen molar-refractivity contribution in [2.24, 2.45) is 0 Å². The molecule has 1 unspecified atom stereocenters. The highest BCUT2D eigenvalue weighted by Crippen LogP contribution is 2.41. The summed E-state index contributed by atoms with van der Waals surface area (Å²) in [6.45, 7) is 0. The van der Waals surface area contributed by atoms with Crippen LogP contribution in [0.5, 0.6) is 0 Å². The first-order chi connectivity index (χ1) is 17.4. The predicted octanol–water partition coefficient (Wildman–Crippen LogP) is 3.85.